The minimum atomic E-state index is -4.71. The summed E-state index contributed by atoms with van der Waals surface area (Å²) in [6.45, 7) is 1.85. The Morgan fingerprint density at radius 3 is 2.42 bits per heavy atom. The van der Waals surface area contributed by atoms with Crippen LogP contribution in [0.15, 0.2) is 47.4 Å². The van der Waals surface area contributed by atoms with Gasteiger partial charge in [0.1, 0.15) is 0 Å². The Kier molecular flexibility index (Phi) is 7.66. The first kappa shape index (κ1) is 24.2. The number of amides is 1. The maximum absolute atomic E-state index is 12.9. The van der Waals surface area contributed by atoms with Gasteiger partial charge in [-0.2, -0.15) is 13.2 Å². The second-order valence-corrected chi connectivity index (χ2v) is 8.25. The molecule has 0 heterocycles. The summed E-state index contributed by atoms with van der Waals surface area (Å²) in [5, 5.41) is 2.64. The van der Waals surface area contributed by atoms with Gasteiger partial charge >= 0.3 is 12.1 Å². The summed E-state index contributed by atoms with van der Waals surface area (Å²) in [6, 6.07) is 7.25. The number of alkyl halides is 3. The number of rotatable bonds is 8. The van der Waals surface area contributed by atoms with Crippen molar-refractivity contribution in [2.45, 2.75) is 37.4 Å². The summed E-state index contributed by atoms with van der Waals surface area (Å²) in [6.07, 6.45) is -3.78. The van der Waals surface area contributed by atoms with Crippen LogP contribution in [0.4, 0.5) is 18.9 Å². The van der Waals surface area contributed by atoms with Crippen molar-refractivity contribution in [2.75, 3.05) is 11.8 Å². The topological polar surface area (TPSA) is 102 Å². The van der Waals surface area contributed by atoms with Gasteiger partial charge < -0.3 is 10.1 Å². The first-order valence-electron chi connectivity index (χ1n) is 9.15. The molecule has 0 fully saturated rings. The predicted octanol–water partition coefficient (Wildman–Crippen LogP) is 3.71. The molecule has 0 aliphatic heterocycles. The van der Waals surface area contributed by atoms with Crippen LogP contribution in [0.25, 0.3) is 0 Å². The number of anilines is 1. The van der Waals surface area contributed by atoms with E-state index in [0.29, 0.717) is 24.5 Å². The zero-order chi connectivity index (χ0) is 23.2. The van der Waals surface area contributed by atoms with Gasteiger partial charge in [-0.05, 0) is 48.4 Å². The Morgan fingerprint density at radius 1 is 1.10 bits per heavy atom. The van der Waals surface area contributed by atoms with Crippen molar-refractivity contribution < 1.29 is 35.9 Å². The largest absolute Gasteiger partial charge is 0.465 e. The number of hydrogen-bond donors (Lipinski definition) is 2. The molecule has 2 rings (SSSR count). The highest BCUT2D eigenvalue weighted by Gasteiger charge is 2.31. The summed E-state index contributed by atoms with van der Waals surface area (Å²) in [5.41, 5.74) is -0.779. The van der Waals surface area contributed by atoms with Gasteiger partial charge in [0.2, 0.25) is 5.91 Å². The first-order valence-corrected chi connectivity index (χ1v) is 10.6. The molecule has 2 aromatic carbocycles. The molecule has 31 heavy (non-hydrogen) atoms. The maximum Gasteiger partial charge on any atom is 0.416 e. The Bertz CT molecular complexity index is 1070. The van der Waals surface area contributed by atoms with E-state index in [0.717, 1.165) is 25.3 Å². The fourth-order valence-electron chi connectivity index (χ4n) is 2.66. The number of nitrogens with one attached hydrogen (secondary N) is 2. The van der Waals surface area contributed by atoms with Gasteiger partial charge in [-0.3, -0.25) is 9.52 Å². The van der Waals surface area contributed by atoms with Crippen LogP contribution in [-0.4, -0.2) is 27.4 Å². The SMILES string of the molecule is CCCC(=O)NCc1cc(NS(=O)(=O)c2cccc(C(F)(F)F)c2)cc(C(=O)OC)c1. The number of hydrogen-bond acceptors (Lipinski definition) is 5. The lowest BCUT2D eigenvalue weighted by Gasteiger charge is -2.13. The summed E-state index contributed by atoms with van der Waals surface area (Å²) >= 11 is 0. The van der Waals surface area contributed by atoms with Gasteiger partial charge in [0, 0.05) is 13.0 Å². The monoisotopic (exact) mass is 458 g/mol. The van der Waals surface area contributed by atoms with Gasteiger partial charge in [0.15, 0.2) is 0 Å². The van der Waals surface area contributed by atoms with Crippen LogP contribution >= 0.6 is 0 Å². The van der Waals surface area contributed by atoms with E-state index >= 15 is 0 Å². The molecule has 0 unspecified atom stereocenters. The third kappa shape index (κ3) is 6.71. The fourth-order valence-corrected chi connectivity index (χ4v) is 3.74. The van der Waals surface area contributed by atoms with Gasteiger partial charge in [-0.15, -0.1) is 0 Å². The molecular formula is C20H21F3N2O5S. The summed E-state index contributed by atoms with van der Waals surface area (Å²) in [4.78, 5) is 23.0. The zero-order valence-electron chi connectivity index (χ0n) is 16.7. The van der Waals surface area contributed by atoms with Crippen LogP contribution in [0.2, 0.25) is 0 Å². The summed E-state index contributed by atoms with van der Waals surface area (Å²) < 4.78 is 70.8. The maximum atomic E-state index is 12.9. The third-order valence-corrected chi connectivity index (χ3v) is 5.48. The number of methoxy groups -OCH3 is 1. The quantitative estimate of drug-likeness (QED) is 0.588. The second kappa shape index (κ2) is 9.82. The number of esters is 1. The van der Waals surface area contributed by atoms with Crippen LogP contribution in [0.3, 0.4) is 0 Å². The molecule has 0 saturated carbocycles. The standard InChI is InChI=1S/C20H21F3N2O5S/c1-3-5-18(26)24-12-13-8-14(19(27)30-2)10-16(9-13)25-31(28,29)17-7-4-6-15(11-17)20(21,22)23/h4,6-11,25H,3,5,12H2,1-2H3,(H,24,26). The number of benzene rings is 2. The normalized spacial score (nSPS) is 11.6. The highest BCUT2D eigenvalue weighted by molar-refractivity contribution is 7.92. The van der Waals surface area contributed by atoms with Crippen LogP contribution in [0.1, 0.15) is 41.3 Å². The highest BCUT2D eigenvalue weighted by atomic mass is 32.2. The number of carbonyl (C=O) groups is 2. The Morgan fingerprint density at radius 2 is 1.81 bits per heavy atom. The van der Waals surface area contributed by atoms with Crippen LogP contribution in [-0.2, 0) is 32.3 Å². The van der Waals surface area contributed by atoms with Crippen molar-refractivity contribution in [1.29, 1.82) is 0 Å². The molecule has 7 nitrogen and oxygen atoms in total. The number of ether oxygens (including phenoxy) is 1. The Labute approximate surface area is 177 Å². The van der Waals surface area contributed by atoms with Crippen molar-refractivity contribution in [3.63, 3.8) is 0 Å². The van der Waals surface area contributed by atoms with Gasteiger partial charge in [0.05, 0.1) is 28.8 Å². The van der Waals surface area contributed by atoms with Crippen molar-refractivity contribution in [1.82, 2.24) is 5.32 Å². The summed E-state index contributed by atoms with van der Waals surface area (Å²) in [5.74, 6) is -0.974. The van der Waals surface area contributed by atoms with Crippen molar-refractivity contribution in [3.05, 3.63) is 59.2 Å². The molecule has 1 amide bonds. The smallest absolute Gasteiger partial charge is 0.416 e. The van der Waals surface area contributed by atoms with E-state index in [2.05, 4.69) is 14.8 Å². The molecule has 2 aromatic rings. The van der Waals surface area contributed by atoms with E-state index in [-0.39, 0.29) is 23.7 Å². The minimum absolute atomic E-state index is 0.00600. The molecule has 0 atom stereocenters. The lowest BCUT2D eigenvalue weighted by Crippen LogP contribution is -2.22. The van der Waals surface area contributed by atoms with Crippen molar-refractivity contribution >= 4 is 27.6 Å². The van der Waals surface area contributed by atoms with Gasteiger partial charge in [0.25, 0.3) is 10.0 Å². The van der Waals surface area contributed by atoms with Gasteiger partial charge in [-0.25, -0.2) is 13.2 Å². The van der Waals surface area contributed by atoms with Crippen LogP contribution in [0.5, 0.6) is 0 Å². The number of carbonyl (C=O) groups excluding carboxylic acids is 2. The molecule has 2 N–H and O–H groups in total. The molecule has 0 spiro atoms. The lowest BCUT2D eigenvalue weighted by molar-refractivity contribution is -0.137. The summed E-state index contributed by atoms with van der Waals surface area (Å²) in [7, 11) is -3.25. The lowest BCUT2D eigenvalue weighted by atomic mass is 10.1. The highest BCUT2D eigenvalue weighted by Crippen LogP contribution is 2.31. The van der Waals surface area contributed by atoms with Crippen molar-refractivity contribution in [3.8, 4) is 0 Å². The van der Waals surface area contributed by atoms with E-state index in [9.17, 15) is 31.2 Å². The van der Waals surface area contributed by atoms with E-state index in [4.69, 9.17) is 0 Å². The number of sulfonamides is 1. The molecule has 11 heteroatoms. The van der Waals surface area contributed by atoms with Crippen LogP contribution < -0.4 is 10.0 Å². The molecular weight excluding hydrogens is 437 g/mol. The average Bonchev–Trinajstić information content (AvgIpc) is 2.71. The molecule has 0 saturated heterocycles. The van der Waals surface area contributed by atoms with Crippen molar-refractivity contribution in [2.24, 2.45) is 0 Å². The molecule has 0 bridgehead atoms. The molecule has 0 aliphatic carbocycles. The molecule has 0 aromatic heterocycles. The molecule has 168 valence electrons. The third-order valence-electron chi connectivity index (χ3n) is 4.10. The Hall–Kier alpha value is -3.08. The fraction of sp³-hybridized carbons (Fsp3) is 0.300. The van der Waals surface area contributed by atoms with Crippen LogP contribution in [0, 0.1) is 0 Å². The second-order valence-electron chi connectivity index (χ2n) is 6.57. The van der Waals surface area contributed by atoms with Gasteiger partial charge in [-0.1, -0.05) is 13.0 Å². The molecule has 0 aliphatic rings. The van der Waals surface area contributed by atoms with E-state index in [1.807, 2.05) is 6.92 Å². The van der Waals surface area contributed by atoms with E-state index in [1.165, 1.54) is 18.2 Å². The minimum Gasteiger partial charge on any atom is -0.465 e. The Balaban J connectivity index is 2.37. The average molecular weight is 458 g/mol. The zero-order valence-corrected chi connectivity index (χ0v) is 17.6. The first-order chi connectivity index (χ1) is 14.5. The molecule has 0 radical (unpaired) electrons. The van der Waals surface area contributed by atoms with E-state index < -0.39 is 32.6 Å². The van der Waals surface area contributed by atoms with E-state index in [1.54, 1.807) is 0 Å². The predicted molar refractivity (Wildman–Crippen MR) is 107 cm³/mol. The number of halogens is 3.